The Kier molecular flexibility index (Phi) is 4.12. The van der Waals surface area contributed by atoms with Crippen LogP contribution in [0.3, 0.4) is 0 Å². The van der Waals surface area contributed by atoms with Crippen LogP contribution in [0.5, 0.6) is 11.5 Å². The first-order valence-electron chi connectivity index (χ1n) is 7.51. The molecule has 0 bridgehead atoms. The number of hydrogen-bond acceptors (Lipinski definition) is 4. The molecule has 6 nitrogen and oxygen atoms in total. The number of aromatic nitrogens is 2. The third kappa shape index (κ3) is 2.90. The molecule has 0 fully saturated rings. The van der Waals surface area contributed by atoms with E-state index < -0.39 is 0 Å². The molecule has 24 heavy (non-hydrogen) atoms. The van der Waals surface area contributed by atoms with Gasteiger partial charge in [-0.1, -0.05) is 0 Å². The van der Waals surface area contributed by atoms with Crippen molar-refractivity contribution in [1.82, 2.24) is 9.38 Å². The molecule has 3 rings (SSSR count). The number of fused-ring (bicyclic) bond motifs is 1. The van der Waals surface area contributed by atoms with Gasteiger partial charge in [0.1, 0.15) is 17.1 Å². The molecule has 124 valence electrons. The molecule has 0 atom stereocenters. The molecule has 0 saturated carbocycles. The Labute approximate surface area is 140 Å². The summed E-state index contributed by atoms with van der Waals surface area (Å²) in [6.07, 6.45) is 1.86. The molecule has 1 amide bonds. The van der Waals surface area contributed by atoms with Crippen molar-refractivity contribution in [2.24, 2.45) is 0 Å². The molecule has 3 aromatic rings. The Hall–Kier alpha value is -3.02. The first-order chi connectivity index (χ1) is 11.5. The number of nitrogens with zero attached hydrogens (tertiary/aromatic N) is 2. The molecule has 0 aliphatic rings. The zero-order valence-corrected chi connectivity index (χ0v) is 14.1. The van der Waals surface area contributed by atoms with Gasteiger partial charge in [-0.25, -0.2) is 4.98 Å². The SMILES string of the molecule is COc1cc(OC)cc(C(=O)Nc2ccc3nc(C)c(C)n3c2)c1. The molecule has 1 N–H and O–H groups in total. The van der Waals surface area contributed by atoms with Crippen LogP contribution in [-0.4, -0.2) is 29.5 Å². The number of imidazole rings is 1. The molecular weight excluding hydrogens is 306 g/mol. The van der Waals surface area contributed by atoms with Gasteiger partial charge in [0, 0.05) is 23.5 Å². The van der Waals surface area contributed by atoms with E-state index >= 15 is 0 Å². The highest BCUT2D eigenvalue weighted by Gasteiger charge is 2.11. The molecule has 0 radical (unpaired) electrons. The second kappa shape index (κ2) is 6.23. The zero-order valence-electron chi connectivity index (χ0n) is 14.1. The van der Waals surface area contributed by atoms with Gasteiger partial charge in [-0.3, -0.25) is 4.79 Å². The summed E-state index contributed by atoms with van der Waals surface area (Å²) >= 11 is 0. The summed E-state index contributed by atoms with van der Waals surface area (Å²) in [4.78, 5) is 17.0. The summed E-state index contributed by atoms with van der Waals surface area (Å²) in [5.74, 6) is 0.896. The Morgan fingerprint density at radius 3 is 2.38 bits per heavy atom. The van der Waals surface area contributed by atoms with Crippen LogP contribution in [0.4, 0.5) is 5.69 Å². The first kappa shape index (κ1) is 15.9. The third-order valence-corrected chi connectivity index (χ3v) is 3.97. The number of carbonyl (C=O) groups is 1. The number of aryl methyl sites for hydroxylation is 2. The number of anilines is 1. The minimum Gasteiger partial charge on any atom is -0.497 e. The summed E-state index contributed by atoms with van der Waals surface area (Å²) in [5.41, 5.74) is 4.02. The van der Waals surface area contributed by atoms with E-state index in [1.165, 1.54) is 0 Å². The number of nitrogens with one attached hydrogen (secondary N) is 1. The van der Waals surface area contributed by atoms with Crippen molar-refractivity contribution in [1.29, 1.82) is 0 Å². The fourth-order valence-electron chi connectivity index (χ4n) is 2.50. The molecule has 0 aliphatic heterocycles. The number of carbonyl (C=O) groups excluding carboxylic acids is 1. The topological polar surface area (TPSA) is 64.9 Å². The third-order valence-electron chi connectivity index (χ3n) is 3.97. The summed E-state index contributed by atoms with van der Waals surface area (Å²) in [5, 5.41) is 2.89. The monoisotopic (exact) mass is 325 g/mol. The summed E-state index contributed by atoms with van der Waals surface area (Å²) in [6, 6.07) is 8.77. The highest BCUT2D eigenvalue weighted by Crippen LogP contribution is 2.23. The lowest BCUT2D eigenvalue weighted by Crippen LogP contribution is -2.12. The average molecular weight is 325 g/mol. The molecule has 6 heteroatoms. The van der Waals surface area contributed by atoms with Crippen LogP contribution in [0.25, 0.3) is 5.65 Å². The lowest BCUT2D eigenvalue weighted by molar-refractivity contribution is 0.102. The predicted octanol–water partition coefficient (Wildman–Crippen LogP) is 3.22. The van der Waals surface area contributed by atoms with Crippen LogP contribution >= 0.6 is 0 Å². The van der Waals surface area contributed by atoms with Gasteiger partial charge < -0.3 is 19.2 Å². The van der Waals surface area contributed by atoms with E-state index in [0.717, 1.165) is 17.0 Å². The first-order valence-corrected chi connectivity index (χ1v) is 7.51. The van der Waals surface area contributed by atoms with Crippen molar-refractivity contribution >= 4 is 17.2 Å². The van der Waals surface area contributed by atoms with Gasteiger partial charge in [-0.15, -0.1) is 0 Å². The van der Waals surface area contributed by atoms with Crippen LogP contribution in [0, 0.1) is 13.8 Å². The molecule has 0 aliphatic carbocycles. The quantitative estimate of drug-likeness (QED) is 0.800. The van der Waals surface area contributed by atoms with E-state index in [4.69, 9.17) is 9.47 Å². The number of amides is 1. The van der Waals surface area contributed by atoms with Crippen LogP contribution in [0.2, 0.25) is 0 Å². The van der Waals surface area contributed by atoms with Crippen molar-refractivity contribution in [3.63, 3.8) is 0 Å². The second-order valence-corrected chi connectivity index (χ2v) is 5.48. The fourth-order valence-corrected chi connectivity index (χ4v) is 2.50. The van der Waals surface area contributed by atoms with Crippen molar-refractivity contribution in [3.8, 4) is 11.5 Å². The largest absolute Gasteiger partial charge is 0.497 e. The van der Waals surface area contributed by atoms with E-state index in [2.05, 4.69) is 10.3 Å². The van der Waals surface area contributed by atoms with E-state index in [9.17, 15) is 4.79 Å². The lowest BCUT2D eigenvalue weighted by atomic mass is 10.2. The predicted molar refractivity (Wildman–Crippen MR) is 92.2 cm³/mol. The van der Waals surface area contributed by atoms with E-state index in [1.807, 2.05) is 36.6 Å². The molecule has 1 aromatic carbocycles. The van der Waals surface area contributed by atoms with Gasteiger partial charge in [0.05, 0.1) is 25.6 Å². The van der Waals surface area contributed by atoms with Crippen molar-refractivity contribution < 1.29 is 14.3 Å². The number of methoxy groups -OCH3 is 2. The Bertz CT molecular complexity index is 893. The molecule has 0 saturated heterocycles. The summed E-state index contributed by atoms with van der Waals surface area (Å²) in [7, 11) is 3.10. The Balaban J connectivity index is 1.90. The zero-order chi connectivity index (χ0) is 17.3. The summed E-state index contributed by atoms with van der Waals surface area (Å²) in [6.45, 7) is 3.96. The minimum absolute atomic E-state index is 0.235. The van der Waals surface area contributed by atoms with E-state index in [-0.39, 0.29) is 5.91 Å². The maximum absolute atomic E-state index is 12.5. The highest BCUT2D eigenvalue weighted by atomic mass is 16.5. The van der Waals surface area contributed by atoms with Gasteiger partial charge in [0.25, 0.3) is 5.91 Å². The second-order valence-electron chi connectivity index (χ2n) is 5.48. The lowest BCUT2D eigenvalue weighted by Gasteiger charge is -2.10. The van der Waals surface area contributed by atoms with Gasteiger partial charge in [0.2, 0.25) is 0 Å². The number of benzene rings is 1. The average Bonchev–Trinajstić information content (AvgIpc) is 2.88. The normalized spacial score (nSPS) is 10.7. The number of pyridine rings is 1. The van der Waals surface area contributed by atoms with Crippen molar-refractivity contribution in [3.05, 3.63) is 53.5 Å². The standard InChI is InChI=1S/C18H19N3O3/c1-11-12(2)21-10-14(5-6-17(21)19-11)20-18(22)13-7-15(23-3)9-16(8-13)24-4/h5-10H,1-4H3,(H,20,22). The molecule has 2 aromatic heterocycles. The van der Waals surface area contributed by atoms with Crippen LogP contribution in [0.1, 0.15) is 21.7 Å². The van der Waals surface area contributed by atoms with Crippen molar-refractivity contribution in [2.45, 2.75) is 13.8 Å². The molecule has 2 heterocycles. The number of rotatable bonds is 4. The summed E-state index contributed by atoms with van der Waals surface area (Å²) < 4.78 is 12.4. The highest BCUT2D eigenvalue weighted by molar-refractivity contribution is 6.04. The van der Waals surface area contributed by atoms with E-state index in [0.29, 0.717) is 22.7 Å². The smallest absolute Gasteiger partial charge is 0.255 e. The van der Waals surface area contributed by atoms with Gasteiger partial charge in [-0.05, 0) is 38.1 Å². The number of ether oxygens (including phenoxy) is 2. The minimum atomic E-state index is -0.235. The van der Waals surface area contributed by atoms with Crippen LogP contribution in [0.15, 0.2) is 36.5 Å². The van der Waals surface area contributed by atoms with Gasteiger partial charge >= 0.3 is 0 Å². The maximum Gasteiger partial charge on any atom is 0.255 e. The van der Waals surface area contributed by atoms with Crippen LogP contribution in [-0.2, 0) is 0 Å². The number of hydrogen-bond donors (Lipinski definition) is 1. The van der Waals surface area contributed by atoms with Gasteiger partial charge in [-0.2, -0.15) is 0 Å². The molecule has 0 spiro atoms. The van der Waals surface area contributed by atoms with Crippen molar-refractivity contribution in [2.75, 3.05) is 19.5 Å². The van der Waals surface area contributed by atoms with E-state index in [1.54, 1.807) is 32.4 Å². The fraction of sp³-hybridized carbons (Fsp3) is 0.222. The molecule has 0 unspecified atom stereocenters. The van der Waals surface area contributed by atoms with Crippen LogP contribution < -0.4 is 14.8 Å². The molecular formula is C18H19N3O3. The van der Waals surface area contributed by atoms with Gasteiger partial charge in [0.15, 0.2) is 0 Å². The maximum atomic E-state index is 12.5. The Morgan fingerprint density at radius 2 is 1.75 bits per heavy atom. The Morgan fingerprint density at radius 1 is 1.08 bits per heavy atom.